The lowest BCUT2D eigenvalue weighted by molar-refractivity contribution is -0.146. The number of halogens is 2. The van der Waals surface area contributed by atoms with Gasteiger partial charge in [-0.1, -0.05) is 67.0 Å². The zero-order valence-corrected chi connectivity index (χ0v) is 24.7. The van der Waals surface area contributed by atoms with E-state index in [9.17, 15) is 9.90 Å². The molecule has 5 rings (SSSR count). The number of rotatable bonds is 8. The molecule has 1 N–H and O–H groups in total. The lowest BCUT2D eigenvalue weighted by Crippen LogP contribution is -2.27. The van der Waals surface area contributed by atoms with E-state index in [2.05, 4.69) is 36.6 Å². The molecule has 0 bridgehead atoms. The summed E-state index contributed by atoms with van der Waals surface area (Å²) in [4.78, 5) is 18.2. The molecule has 0 fully saturated rings. The molecule has 0 saturated heterocycles. The second-order valence-corrected chi connectivity index (χ2v) is 13.6. The van der Waals surface area contributed by atoms with Crippen molar-refractivity contribution in [2.45, 2.75) is 55.8 Å². The number of hydrogen-bond acceptors (Lipinski definition) is 4. The average molecular weight is 584 g/mol. The van der Waals surface area contributed by atoms with Crippen LogP contribution in [-0.2, 0) is 17.8 Å². The second-order valence-electron chi connectivity index (χ2n) is 10.5. The van der Waals surface area contributed by atoms with E-state index in [0.29, 0.717) is 28.9 Å². The number of hydrogen-bond donors (Lipinski definition) is 1. The minimum Gasteiger partial charge on any atom is -0.481 e. The van der Waals surface area contributed by atoms with E-state index in [1.54, 1.807) is 36.9 Å². The molecule has 0 aliphatic heterocycles. The van der Waals surface area contributed by atoms with Gasteiger partial charge in [-0.15, -0.1) is 11.3 Å². The fourth-order valence-electron chi connectivity index (χ4n) is 4.50. The van der Waals surface area contributed by atoms with Gasteiger partial charge in [-0.2, -0.15) is 0 Å². The quantitative estimate of drug-likeness (QED) is 0.198. The van der Waals surface area contributed by atoms with Crippen LogP contribution in [0.1, 0.15) is 50.4 Å². The molecule has 0 spiro atoms. The maximum atomic E-state index is 12.3. The normalized spacial score (nSPS) is 12.2. The first-order valence-corrected chi connectivity index (χ1v) is 14.8. The largest absolute Gasteiger partial charge is 0.481 e. The van der Waals surface area contributed by atoms with Crippen LogP contribution in [0.15, 0.2) is 69.9 Å². The van der Waals surface area contributed by atoms with Crippen molar-refractivity contribution in [3.63, 3.8) is 0 Å². The molecule has 2 aromatic heterocycles. The lowest BCUT2D eigenvalue weighted by atomic mass is 9.88. The molecule has 0 amide bonds. The summed E-state index contributed by atoms with van der Waals surface area (Å²) in [6.45, 7) is 8.55. The third-order valence-electron chi connectivity index (χ3n) is 6.77. The fourth-order valence-corrected chi connectivity index (χ4v) is 7.05. The molecule has 0 aliphatic carbocycles. The number of fused-ring (bicyclic) bond motifs is 2. The van der Waals surface area contributed by atoms with Crippen LogP contribution in [0, 0.1) is 5.41 Å². The van der Waals surface area contributed by atoms with Gasteiger partial charge < -0.3 is 9.67 Å². The first kappa shape index (κ1) is 27.1. The standard InChI is InChI=1S/C30H28Cl2N2O2S2/c1-17(2)19-7-11-24-22(13-19)27(38-29-33-23-14-21(32)10-12-26(23)37-29)25(15-30(3,4)28(35)36)34(24)16-18-5-8-20(31)9-6-18/h5-14,17H,15-16H2,1-4H3,(H,35,36). The van der Waals surface area contributed by atoms with E-state index in [4.69, 9.17) is 28.2 Å². The molecule has 0 atom stereocenters. The van der Waals surface area contributed by atoms with Crippen LogP contribution >= 0.6 is 46.3 Å². The molecule has 8 heteroatoms. The van der Waals surface area contributed by atoms with Crippen LogP contribution in [0.5, 0.6) is 0 Å². The Bertz CT molecular complexity index is 1650. The summed E-state index contributed by atoms with van der Waals surface area (Å²) in [5.41, 5.74) is 4.31. The van der Waals surface area contributed by atoms with Crippen LogP contribution in [0.2, 0.25) is 10.0 Å². The molecule has 0 unspecified atom stereocenters. The van der Waals surface area contributed by atoms with Gasteiger partial charge in [0.05, 0.1) is 15.6 Å². The Labute approximate surface area is 240 Å². The molecule has 2 heterocycles. The highest BCUT2D eigenvalue weighted by molar-refractivity contribution is 8.01. The van der Waals surface area contributed by atoms with E-state index in [1.165, 1.54) is 5.56 Å². The first-order chi connectivity index (χ1) is 18.0. The molecule has 0 radical (unpaired) electrons. The SMILES string of the molecule is CC(C)c1ccc2c(c1)c(Sc1nc3cc(Cl)ccc3s1)c(CC(C)(C)C(=O)O)n2Cc1ccc(Cl)cc1. The predicted molar refractivity (Wildman–Crippen MR) is 160 cm³/mol. The van der Waals surface area contributed by atoms with Crippen LogP contribution in [-0.4, -0.2) is 20.6 Å². The first-order valence-electron chi connectivity index (χ1n) is 12.4. The Hall–Kier alpha value is -2.51. The van der Waals surface area contributed by atoms with Crippen molar-refractivity contribution in [1.29, 1.82) is 0 Å². The summed E-state index contributed by atoms with van der Waals surface area (Å²) in [6, 6.07) is 20.2. The molecule has 0 saturated carbocycles. The van der Waals surface area contributed by atoms with Gasteiger partial charge in [-0.3, -0.25) is 4.79 Å². The summed E-state index contributed by atoms with van der Waals surface area (Å²) in [7, 11) is 0. The van der Waals surface area contributed by atoms with Crippen LogP contribution in [0.3, 0.4) is 0 Å². The Morgan fingerprint density at radius 1 is 1.05 bits per heavy atom. The highest BCUT2D eigenvalue weighted by Crippen LogP contribution is 2.44. The van der Waals surface area contributed by atoms with Crippen molar-refractivity contribution < 1.29 is 9.90 Å². The Balaban J connectivity index is 1.73. The minimum atomic E-state index is -0.955. The summed E-state index contributed by atoms with van der Waals surface area (Å²) in [6.07, 6.45) is 0.376. The number of carboxylic acid groups (broad SMARTS) is 1. The minimum absolute atomic E-state index is 0.361. The summed E-state index contributed by atoms with van der Waals surface area (Å²) in [5, 5.41) is 12.5. The topological polar surface area (TPSA) is 55.1 Å². The molecule has 5 aromatic rings. The van der Waals surface area contributed by atoms with E-state index in [1.807, 2.05) is 42.5 Å². The average Bonchev–Trinajstić information content (AvgIpc) is 3.38. The molecular formula is C30H28Cl2N2O2S2. The number of aliphatic carboxylic acids is 1. The third-order valence-corrected chi connectivity index (χ3v) is 9.52. The number of aromatic nitrogens is 2. The molecule has 4 nitrogen and oxygen atoms in total. The smallest absolute Gasteiger partial charge is 0.309 e. The van der Waals surface area contributed by atoms with Crippen molar-refractivity contribution in [2.24, 2.45) is 5.41 Å². The van der Waals surface area contributed by atoms with E-state index < -0.39 is 11.4 Å². The second kappa shape index (κ2) is 10.6. The van der Waals surface area contributed by atoms with Crippen molar-refractivity contribution in [1.82, 2.24) is 9.55 Å². The Morgan fingerprint density at radius 2 is 1.76 bits per heavy atom. The molecule has 3 aromatic carbocycles. The van der Waals surface area contributed by atoms with Gasteiger partial charge in [0, 0.05) is 44.5 Å². The van der Waals surface area contributed by atoms with Gasteiger partial charge in [-0.05, 0) is 73.4 Å². The maximum Gasteiger partial charge on any atom is 0.309 e. The van der Waals surface area contributed by atoms with Crippen molar-refractivity contribution in [2.75, 3.05) is 0 Å². The van der Waals surface area contributed by atoms with Gasteiger partial charge >= 0.3 is 5.97 Å². The van der Waals surface area contributed by atoms with Gasteiger partial charge in [0.2, 0.25) is 0 Å². The van der Waals surface area contributed by atoms with Gasteiger partial charge in [0.1, 0.15) is 0 Å². The van der Waals surface area contributed by atoms with Gasteiger partial charge in [-0.25, -0.2) is 4.98 Å². The number of carboxylic acids is 1. The maximum absolute atomic E-state index is 12.3. The molecule has 38 heavy (non-hydrogen) atoms. The van der Waals surface area contributed by atoms with Crippen molar-refractivity contribution in [3.8, 4) is 0 Å². The zero-order valence-electron chi connectivity index (χ0n) is 21.6. The Kier molecular flexibility index (Phi) is 7.53. The predicted octanol–water partition coefficient (Wildman–Crippen LogP) is 9.53. The highest BCUT2D eigenvalue weighted by atomic mass is 35.5. The monoisotopic (exact) mass is 582 g/mol. The zero-order chi connectivity index (χ0) is 27.2. The molecular weight excluding hydrogens is 555 g/mol. The van der Waals surface area contributed by atoms with Gasteiger partial charge in [0.25, 0.3) is 0 Å². The number of benzene rings is 3. The van der Waals surface area contributed by atoms with Crippen LogP contribution < -0.4 is 0 Å². The fraction of sp³-hybridized carbons (Fsp3) is 0.267. The summed E-state index contributed by atoms with van der Waals surface area (Å²) < 4.78 is 4.23. The summed E-state index contributed by atoms with van der Waals surface area (Å²) >= 11 is 15.6. The van der Waals surface area contributed by atoms with Crippen molar-refractivity contribution >= 4 is 73.4 Å². The lowest BCUT2D eigenvalue weighted by Gasteiger charge is -2.22. The number of thiazole rings is 1. The summed E-state index contributed by atoms with van der Waals surface area (Å²) in [5.74, 6) is -0.463. The molecule has 0 aliphatic rings. The Morgan fingerprint density at radius 3 is 2.45 bits per heavy atom. The van der Waals surface area contributed by atoms with Gasteiger partial charge in [0.15, 0.2) is 4.34 Å². The van der Waals surface area contributed by atoms with Crippen molar-refractivity contribution in [3.05, 3.63) is 87.5 Å². The van der Waals surface area contributed by atoms with E-state index >= 15 is 0 Å². The third kappa shape index (κ3) is 5.46. The van der Waals surface area contributed by atoms with E-state index in [0.717, 1.165) is 41.6 Å². The number of carbonyl (C=O) groups is 1. The van der Waals surface area contributed by atoms with E-state index in [-0.39, 0.29) is 0 Å². The molecule has 196 valence electrons. The highest BCUT2D eigenvalue weighted by Gasteiger charge is 2.32. The number of nitrogens with zero attached hydrogens (tertiary/aromatic N) is 2. The van der Waals surface area contributed by atoms with Crippen LogP contribution in [0.25, 0.3) is 21.1 Å². The van der Waals surface area contributed by atoms with Crippen LogP contribution in [0.4, 0.5) is 0 Å².